The van der Waals surface area contributed by atoms with Gasteiger partial charge in [0.25, 0.3) is 11.8 Å². The van der Waals surface area contributed by atoms with Crippen molar-refractivity contribution in [1.82, 2.24) is 10.6 Å². The standard InChI is InChI=1S/C19H28ClN3O7/c1-9-15(18(29)21-5-12(26)7-24)10(2)17(23-14(28)4-20)11(3)16(9)19(30)22-6-13(27)8-25/h12-13,24-27H,4-8H2,1-3H3,(H,21,29)(H,22,30)(H,23,28). The number of amides is 3. The van der Waals surface area contributed by atoms with Crippen molar-refractivity contribution in [3.63, 3.8) is 0 Å². The Morgan fingerprint density at radius 3 is 1.57 bits per heavy atom. The van der Waals surface area contributed by atoms with E-state index in [1.807, 2.05) is 0 Å². The molecule has 0 fully saturated rings. The number of aliphatic hydroxyl groups is 4. The molecule has 0 aliphatic heterocycles. The van der Waals surface area contributed by atoms with Crippen molar-refractivity contribution < 1.29 is 34.8 Å². The lowest BCUT2D eigenvalue weighted by molar-refractivity contribution is -0.113. The highest BCUT2D eigenvalue weighted by molar-refractivity contribution is 6.29. The topological polar surface area (TPSA) is 168 Å². The Balaban J connectivity index is 3.48. The van der Waals surface area contributed by atoms with Crippen molar-refractivity contribution >= 4 is 35.0 Å². The average molecular weight is 446 g/mol. The number of aliphatic hydroxyl groups excluding tert-OH is 4. The number of halogens is 1. The first-order chi connectivity index (χ1) is 14.1. The highest BCUT2D eigenvalue weighted by Crippen LogP contribution is 2.31. The van der Waals surface area contributed by atoms with E-state index in [0.29, 0.717) is 16.7 Å². The van der Waals surface area contributed by atoms with E-state index in [4.69, 9.17) is 21.8 Å². The Morgan fingerprint density at radius 2 is 1.23 bits per heavy atom. The second-order valence-electron chi connectivity index (χ2n) is 6.77. The molecule has 2 atom stereocenters. The predicted molar refractivity (Wildman–Crippen MR) is 111 cm³/mol. The van der Waals surface area contributed by atoms with Gasteiger partial charge in [-0.05, 0) is 37.5 Å². The average Bonchev–Trinajstić information content (AvgIpc) is 2.72. The highest BCUT2D eigenvalue weighted by atomic mass is 35.5. The third kappa shape index (κ3) is 6.38. The molecule has 0 aromatic heterocycles. The van der Waals surface area contributed by atoms with Crippen LogP contribution in [0.4, 0.5) is 5.69 Å². The minimum absolute atomic E-state index is 0.114. The lowest BCUT2D eigenvalue weighted by atomic mass is 9.90. The molecule has 1 aromatic carbocycles. The maximum absolute atomic E-state index is 12.8. The third-order valence-corrected chi connectivity index (χ3v) is 4.75. The van der Waals surface area contributed by atoms with Crippen molar-refractivity contribution in [2.75, 3.05) is 37.5 Å². The van der Waals surface area contributed by atoms with Crippen LogP contribution in [0.1, 0.15) is 37.4 Å². The summed E-state index contributed by atoms with van der Waals surface area (Å²) in [6, 6.07) is 0. The van der Waals surface area contributed by atoms with E-state index in [0.717, 1.165) is 0 Å². The molecule has 2 unspecified atom stereocenters. The van der Waals surface area contributed by atoms with Gasteiger partial charge < -0.3 is 36.4 Å². The molecule has 1 rings (SSSR count). The van der Waals surface area contributed by atoms with Gasteiger partial charge in [-0.3, -0.25) is 14.4 Å². The molecule has 0 saturated carbocycles. The van der Waals surface area contributed by atoms with Gasteiger partial charge in [-0.25, -0.2) is 0 Å². The number of hydrogen-bond acceptors (Lipinski definition) is 7. The number of rotatable bonds is 10. The largest absolute Gasteiger partial charge is 0.394 e. The monoisotopic (exact) mass is 445 g/mol. The smallest absolute Gasteiger partial charge is 0.252 e. The van der Waals surface area contributed by atoms with Gasteiger partial charge in [-0.1, -0.05) is 0 Å². The van der Waals surface area contributed by atoms with Crippen LogP contribution in [0, 0.1) is 20.8 Å². The van der Waals surface area contributed by atoms with Gasteiger partial charge >= 0.3 is 0 Å². The molecule has 3 amide bonds. The van der Waals surface area contributed by atoms with Crippen LogP contribution in [-0.4, -0.2) is 82.5 Å². The SMILES string of the molecule is Cc1c(NC(=O)CCl)c(C)c(C(=O)NCC(O)CO)c(C)c1C(=O)NCC(O)CO. The first-order valence-corrected chi connectivity index (χ1v) is 9.76. The van der Waals surface area contributed by atoms with E-state index in [1.165, 1.54) is 0 Å². The molecule has 168 valence electrons. The van der Waals surface area contributed by atoms with Crippen LogP contribution >= 0.6 is 11.6 Å². The Labute approximate surface area is 179 Å². The summed E-state index contributed by atoms with van der Waals surface area (Å²) in [5, 5.41) is 44.4. The fourth-order valence-corrected chi connectivity index (χ4v) is 3.05. The summed E-state index contributed by atoms with van der Waals surface area (Å²) in [7, 11) is 0. The molecule has 0 spiro atoms. The minimum Gasteiger partial charge on any atom is -0.394 e. The lowest BCUT2D eigenvalue weighted by Gasteiger charge is -2.22. The van der Waals surface area contributed by atoms with Gasteiger partial charge in [0.15, 0.2) is 0 Å². The summed E-state index contributed by atoms with van der Waals surface area (Å²) in [5.41, 5.74) is 1.58. The number of alkyl halides is 1. The van der Waals surface area contributed by atoms with E-state index in [2.05, 4.69) is 16.0 Å². The second-order valence-corrected chi connectivity index (χ2v) is 7.04. The molecule has 0 heterocycles. The van der Waals surface area contributed by atoms with Crippen LogP contribution in [0.15, 0.2) is 0 Å². The Kier molecular flexibility index (Phi) is 10.2. The van der Waals surface area contributed by atoms with Crippen molar-refractivity contribution in [3.8, 4) is 0 Å². The fraction of sp³-hybridized carbons (Fsp3) is 0.526. The van der Waals surface area contributed by atoms with Crippen molar-refractivity contribution in [1.29, 1.82) is 0 Å². The van der Waals surface area contributed by atoms with Crippen molar-refractivity contribution in [2.24, 2.45) is 0 Å². The fourth-order valence-electron chi connectivity index (χ4n) is 2.99. The van der Waals surface area contributed by atoms with E-state index < -0.39 is 43.1 Å². The Morgan fingerprint density at radius 1 is 0.833 bits per heavy atom. The van der Waals surface area contributed by atoms with Crippen LogP contribution < -0.4 is 16.0 Å². The molecule has 30 heavy (non-hydrogen) atoms. The summed E-state index contributed by atoms with van der Waals surface area (Å²) in [6.45, 7) is 3.25. The third-order valence-electron chi connectivity index (χ3n) is 4.51. The zero-order chi connectivity index (χ0) is 23.0. The molecule has 0 radical (unpaired) electrons. The van der Waals surface area contributed by atoms with Gasteiger partial charge in [-0.15, -0.1) is 11.6 Å². The summed E-state index contributed by atoms with van der Waals surface area (Å²) in [6.07, 6.45) is -2.31. The Bertz CT molecular complexity index is 748. The zero-order valence-electron chi connectivity index (χ0n) is 17.1. The number of carbonyl (C=O) groups is 3. The molecular formula is C19H28ClN3O7. The number of nitrogens with one attached hydrogen (secondary N) is 3. The maximum Gasteiger partial charge on any atom is 0.252 e. The van der Waals surface area contributed by atoms with Crippen LogP contribution in [0.5, 0.6) is 0 Å². The number of benzene rings is 1. The van der Waals surface area contributed by atoms with E-state index >= 15 is 0 Å². The van der Waals surface area contributed by atoms with Gasteiger partial charge in [0.2, 0.25) is 5.91 Å². The molecule has 1 aromatic rings. The van der Waals surface area contributed by atoms with Gasteiger partial charge in [0.1, 0.15) is 5.88 Å². The normalized spacial score (nSPS) is 12.8. The molecule has 7 N–H and O–H groups in total. The van der Waals surface area contributed by atoms with Crippen LogP contribution in [0.2, 0.25) is 0 Å². The quantitative estimate of drug-likeness (QED) is 0.225. The van der Waals surface area contributed by atoms with Gasteiger partial charge in [0.05, 0.1) is 25.4 Å². The number of anilines is 1. The molecule has 0 bridgehead atoms. The minimum atomic E-state index is -1.15. The molecular weight excluding hydrogens is 418 g/mol. The van der Waals surface area contributed by atoms with E-state index in [1.54, 1.807) is 20.8 Å². The predicted octanol–water partition coefficient (Wildman–Crippen LogP) is -1.04. The second kappa shape index (κ2) is 11.8. The first kappa shape index (κ1) is 25.8. The highest BCUT2D eigenvalue weighted by Gasteiger charge is 2.26. The summed E-state index contributed by atoms with van der Waals surface area (Å²) >= 11 is 5.57. The van der Waals surface area contributed by atoms with E-state index in [-0.39, 0.29) is 35.8 Å². The molecule has 10 nitrogen and oxygen atoms in total. The van der Waals surface area contributed by atoms with Gasteiger partial charge in [-0.2, -0.15) is 0 Å². The molecule has 0 aliphatic rings. The zero-order valence-corrected chi connectivity index (χ0v) is 17.8. The van der Waals surface area contributed by atoms with Crippen molar-refractivity contribution in [2.45, 2.75) is 33.0 Å². The van der Waals surface area contributed by atoms with Crippen LogP contribution in [0.25, 0.3) is 0 Å². The molecule has 0 aliphatic carbocycles. The van der Waals surface area contributed by atoms with Gasteiger partial charge in [0, 0.05) is 29.9 Å². The molecule has 0 saturated heterocycles. The lowest BCUT2D eigenvalue weighted by Crippen LogP contribution is -2.37. The van der Waals surface area contributed by atoms with Crippen LogP contribution in [0.3, 0.4) is 0 Å². The van der Waals surface area contributed by atoms with Crippen molar-refractivity contribution in [3.05, 3.63) is 27.8 Å². The maximum atomic E-state index is 12.8. The number of hydrogen-bond donors (Lipinski definition) is 7. The number of carbonyl (C=O) groups excluding carboxylic acids is 3. The molecule has 11 heteroatoms. The summed E-state index contributed by atoms with van der Waals surface area (Å²) in [5.74, 6) is -2.08. The van der Waals surface area contributed by atoms with Crippen LogP contribution in [-0.2, 0) is 4.79 Å². The summed E-state index contributed by atoms with van der Waals surface area (Å²) < 4.78 is 0. The summed E-state index contributed by atoms with van der Waals surface area (Å²) in [4.78, 5) is 37.4. The Hall–Kier alpha value is -2.24. The van der Waals surface area contributed by atoms with E-state index in [9.17, 15) is 24.6 Å². The first-order valence-electron chi connectivity index (χ1n) is 9.22.